The zero-order valence-corrected chi connectivity index (χ0v) is 13.5. The van der Waals surface area contributed by atoms with Gasteiger partial charge in [0.25, 0.3) is 10.0 Å². The molecule has 1 aromatic rings. The van der Waals surface area contributed by atoms with E-state index in [-0.39, 0.29) is 11.1 Å². The van der Waals surface area contributed by atoms with E-state index in [4.69, 9.17) is 0 Å². The molecule has 7 heteroatoms. The molecule has 0 amide bonds. The first-order chi connectivity index (χ1) is 9.09. The lowest BCUT2D eigenvalue weighted by Gasteiger charge is -2.26. The number of halogens is 1. The molecule has 0 unspecified atom stereocenters. The van der Waals surface area contributed by atoms with E-state index in [9.17, 15) is 8.42 Å². The minimum atomic E-state index is -3.46. The Bertz CT molecular complexity index is 509. The lowest BCUT2D eigenvalue weighted by Crippen LogP contribution is -2.40. The fourth-order valence-corrected chi connectivity index (χ4v) is 4.78. The lowest BCUT2D eigenvalue weighted by molar-refractivity contribution is 0.337. The Morgan fingerprint density at radius 1 is 1.47 bits per heavy atom. The van der Waals surface area contributed by atoms with Crippen molar-refractivity contribution < 1.29 is 8.42 Å². The molecule has 0 radical (unpaired) electrons. The van der Waals surface area contributed by atoms with Gasteiger partial charge < -0.3 is 4.57 Å². The first-order valence-corrected chi connectivity index (χ1v) is 9.25. The Hall–Kier alpha value is -0.400. The Morgan fingerprint density at radius 3 is 2.68 bits per heavy atom. The van der Waals surface area contributed by atoms with Crippen molar-refractivity contribution >= 4 is 26.0 Å². The van der Waals surface area contributed by atoms with E-state index in [1.807, 2.05) is 6.92 Å². The molecule has 1 aromatic heterocycles. The summed E-state index contributed by atoms with van der Waals surface area (Å²) < 4.78 is 28.7. The van der Waals surface area contributed by atoms with Crippen LogP contribution in [-0.4, -0.2) is 40.2 Å². The summed E-state index contributed by atoms with van der Waals surface area (Å²) in [7, 11) is -3.46. The highest BCUT2D eigenvalue weighted by Gasteiger charge is 2.34. The van der Waals surface area contributed by atoms with Crippen molar-refractivity contribution in [3.8, 4) is 0 Å². The SMILES string of the molecule is CCn1cnc(S(=O)(=O)N(CCBr)C2CCCC2)c1. The van der Waals surface area contributed by atoms with Crippen molar-refractivity contribution in [3.63, 3.8) is 0 Å². The van der Waals surface area contributed by atoms with Gasteiger partial charge in [-0.3, -0.25) is 0 Å². The van der Waals surface area contributed by atoms with Crippen LogP contribution in [0.3, 0.4) is 0 Å². The maximum atomic E-state index is 12.7. The van der Waals surface area contributed by atoms with Gasteiger partial charge in [0.05, 0.1) is 6.33 Å². The molecule has 1 heterocycles. The van der Waals surface area contributed by atoms with Gasteiger partial charge in [0.1, 0.15) is 0 Å². The second kappa shape index (κ2) is 6.37. The van der Waals surface area contributed by atoms with Gasteiger partial charge in [0, 0.05) is 30.7 Å². The van der Waals surface area contributed by atoms with E-state index in [2.05, 4.69) is 20.9 Å². The lowest BCUT2D eigenvalue weighted by atomic mass is 10.2. The molecular formula is C12H20BrN3O2S. The second-order valence-corrected chi connectivity index (χ2v) is 7.42. The minimum Gasteiger partial charge on any atom is -0.336 e. The van der Waals surface area contributed by atoms with E-state index in [0.29, 0.717) is 11.9 Å². The van der Waals surface area contributed by atoms with Gasteiger partial charge in [-0.25, -0.2) is 13.4 Å². The summed E-state index contributed by atoms with van der Waals surface area (Å²) >= 11 is 3.35. The summed E-state index contributed by atoms with van der Waals surface area (Å²) in [5.41, 5.74) is 0. The number of aryl methyl sites for hydroxylation is 1. The van der Waals surface area contributed by atoms with E-state index in [0.717, 1.165) is 32.2 Å². The third-order valence-electron chi connectivity index (χ3n) is 3.58. The Balaban J connectivity index is 2.27. The monoisotopic (exact) mass is 349 g/mol. The molecule has 1 aliphatic carbocycles. The molecular weight excluding hydrogens is 330 g/mol. The summed E-state index contributed by atoms with van der Waals surface area (Å²) in [6, 6.07) is 0.134. The molecule has 0 aliphatic heterocycles. The molecule has 0 atom stereocenters. The number of alkyl halides is 1. The maximum Gasteiger partial charge on any atom is 0.262 e. The van der Waals surface area contributed by atoms with Gasteiger partial charge in [0.15, 0.2) is 5.03 Å². The maximum absolute atomic E-state index is 12.7. The van der Waals surface area contributed by atoms with Gasteiger partial charge in [-0.05, 0) is 19.8 Å². The molecule has 0 aromatic carbocycles. The van der Waals surface area contributed by atoms with Crippen LogP contribution in [0.5, 0.6) is 0 Å². The summed E-state index contributed by atoms with van der Waals surface area (Å²) in [6.45, 7) is 3.20. The molecule has 108 valence electrons. The van der Waals surface area contributed by atoms with E-state index < -0.39 is 10.0 Å². The van der Waals surface area contributed by atoms with Gasteiger partial charge >= 0.3 is 0 Å². The zero-order chi connectivity index (χ0) is 13.9. The smallest absolute Gasteiger partial charge is 0.262 e. The molecule has 19 heavy (non-hydrogen) atoms. The van der Waals surface area contributed by atoms with E-state index >= 15 is 0 Å². The zero-order valence-electron chi connectivity index (χ0n) is 11.1. The number of hydrogen-bond acceptors (Lipinski definition) is 3. The Morgan fingerprint density at radius 2 is 2.16 bits per heavy atom. The van der Waals surface area contributed by atoms with Crippen molar-refractivity contribution in [1.82, 2.24) is 13.9 Å². The van der Waals surface area contributed by atoms with Gasteiger partial charge in [-0.1, -0.05) is 28.8 Å². The highest BCUT2D eigenvalue weighted by atomic mass is 79.9. The fraction of sp³-hybridized carbons (Fsp3) is 0.750. The van der Waals surface area contributed by atoms with Crippen LogP contribution < -0.4 is 0 Å². The van der Waals surface area contributed by atoms with Crippen LogP contribution in [0, 0.1) is 0 Å². The van der Waals surface area contributed by atoms with Crippen LogP contribution in [0.25, 0.3) is 0 Å². The Labute approximate surface area is 123 Å². The molecule has 5 nitrogen and oxygen atoms in total. The van der Waals surface area contributed by atoms with E-state index in [1.165, 1.54) is 0 Å². The van der Waals surface area contributed by atoms with Crippen molar-refractivity contribution in [2.24, 2.45) is 0 Å². The average molecular weight is 350 g/mol. The fourth-order valence-electron chi connectivity index (χ4n) is 2.54. The van der Waals surface area contributed by atoms with Crippen molar-refractivity contribution in [1.29, 1.82) is 0 Å². The van der Waals surface area contributed by atoms with Crippen LogP contribution in [0.15, 0.2) is 17.6 Å². The summed E-state index contributed by atoms with van der Waals surface area (Å²) in [5, 5.41) is 0.819. The first kappa shape index (κ1) is 15.0. The highest BCUT2D eigenvalue weighted by Crippen LogP contribution is 2.28. The summed E-state index contributed by atoms with van der Waals surface area (Å²) in [6.07, 6.45) is 7.34. The van der Waals surface area contributed by atoms with Crippen LogP contribution in [-0.2, 0) is 16.6 Å². The number of aromatic nitrogens is 2. The predicted molar refractivity (Wildman–Crippen MR) is 77.8 cm³/mol. The largest absolute Gasteiger partial charge is 0.336 e. The van der Waals surface area contributed by atoms with Gasteiger partial charge in [-0.15, -0.1) is 0 Å². The second-order valence-electron chi connectivity index (χ2n) is 4.79. The van der Waals surface area contributed by atoms with Crippen LogP contribution in [0.1, 0.15) is 32.6 Å². The number of imidazole rings is 1. The summed E-state index contributed by atoms with van der Waals surface area (Å²) in [4.78, 5) is 4.05. The van der Waals surface area contributed by atoms with Gasteiger partial charge in [0.2, 0.25) is 0 Å². The quantitative estimate of drug-likeness (QED) is 0.740. The molecule has 1 saturated carbocycles. The van der Waals surface area contributed by atoms with Crippen LogP contribution in [0.4, 0.5) is 0 Å². The van der Waals surface area contributed by atoms with E-state index in [1.54, 1.807) is 21.4 Å². The highest BCUT2D eigenvalue weighted by molar-refractivity contribution is 9.09. The third kappa shape index (κ3) is 3.20. The Kier molecular flexibility index (Phi) is 5.03. The number of hydrogen-bond donors (Lipinski definition) is 0. The van der Waals surface area contributed by atoms with Crippen molar-refractivity contribution in [2.45, 2.75) is 50.2 Å². The number of sulfonamides is 1. The van der Waals surface area contributed by atoms with Gasteiger partial charge in [-0.2, -0.15) is 4.31 Å². The number of rotatable bonds is 6. The molecule has 2 rings (SSSR count). The normalized spacial score (nSPS) is 17.4. The van der Waals surface area contributed by atoms with Crippen LogP contribution in [0.2, 0.25) is 0 Å². The minimum absolute atomic E-state index is 0.134. The molecule has 0 saturated heterocycles. The molecule has 0 spiro atoms. The molecule has 1 aliphatic rings. The molecule has 0 N–H and O–H groups in total. The molecule has 1 fully saturated rings. The first-order valence-electron chi connectivity index (χ1n) is 6.69. The third-order valence-corrected chi connectivity index (χ3v) is 5.78. The van der Waals surface area contributed by atoms with Crippen molar-refractivity contribution in [2.75, 3.05) is 11.9 Å². The average Bonchev–Trinajstić information content (AvgIpc) is 3.06. The van der Waals surface area contributed by atoms with Crippen LogP contribution >= 0.6 is 15.9 Å². The summed E-state index contributed by atoms with van der Waals surface area (Å²) in [5.74, 6) is 0. The molecule has 0 bridgehead atoms. The standard InChI is InChI=1S/C12H20BrN3O2S/c1-2-15-9-12(14-10-15)19(17,18)16(8-7-13)11-5-3-4-6-11/h9-11H,2-8H2,1H3. The number of nitrogens with zero attached hydrogens (tertiary/aromatic N) is 3. The topological polar surface area (TPSA) is 55.2 Å². The predicted octanol–water partition coefficient (Wildman–Crippen LogP) is 2.23. The van der Waals surface area contributed by atoms with Crippen molar-refractivity contribution in [3.05, 3.63) is 12.5 Å².